The molecule has 0 aromatic heterocycles. The van der Waals surface area contributed by atoms with Gasteiger partial charge in [0.1, 0.15) is 12.6 Å². The molecule has 35 heavy (non-hydrogen) atoms. The number of rotatable bonds is 12. The molecule has 0 bridgehead atoms. The zero-order valence-electron chi connectivity index (χ0n) is 20.8. The predicted octanol–water partition coefficient (Wildman–Crippen LogP) is 5.04. The summed E-state index contributed by atoms with van der Waals surface area (Å²) in [7, 11) is 0. The number of carboxylic acid groups (broad SMARTS) is 1. The Morgan fingerprint density at radius 2 is 1.57 bits per heavy atom. The molecule has 0 heterocycles. The number of alkyl carbamates (subject to hydrolysis) is 1. The molecule has 188 valence electrons. The van der Waals surface area contributed by atoms with E-state index in [-0.39, 0.29) is 31.4 Å². The van der Waals surface area contributed by atoms with Crippen LogP contribution in [-0.2, 0) is 14.3 Å². The van der Waals surface area contributed by atoms with Crippen molar-refractivity contribution in [1.82, 2.24) is 10.2 Å². The van der Waals surface area contributed by atoms with E-state index >= 15 is 0 Å². The van der Waals surface area contributed by atoms with Crippen LogP contribution >= 0.6 is 0 Å². The topological polar surface area (TPSA) is 95.9 Å². The van der Waals surface area contributed by atoms with Crippen molar-refractivity contribution < 1.29 is 24.2 Å². The summed E-state index contributed by atoms with van der Waals surface area (Å²) in [5.41, 5.74) is 4.54. The Labute approximate surface area is 207 Å². The maximum Gasteiger partial charge on any atom is 0.407 e. The van der Waals surface area contributed by atoms with Gasteiger partial charge in [-0.3, -0.25) is 9.59 Å². The molecule has 1 aliphatic carbocycles. The first-order valence-electron chi connectivity index (χ1n) is 12.4. The standard InChI is InChI=1S/C28H36N2O5/c1-4-16-30(17-15-26(31)32)27(33)25(14-13-19(2)3)29-28(34)35-18-24-22-11-7-5-9-20(22)21-10-6-8-12-23(21)24/h5-12,19,24-25H,4,13-18H2,1-3H3,(H,29,34)(H,31,32). The van der Waals surface area contributed by atoms with Crippen molar-refractivity contribution in [3.63, 3.8) is 0 Å². The van der Waals surface area contributed by atoms with Gasteiger partial charge in [-0.15, -0.1) is 0 Å². The van der Waals surface area contributed by atoms with Gasteiger partial charge in [0.15, 0.2) is 0 Å². The molecule has 0 saturated heterocycles. The zero-order chi connectivity index (χ0) is 25.4. The third-order valence-electron chi connectivity index (χ3n) is 6.37. The minimum absolute atomic E-state index is 0.0647. The molecule has 2 N–H and O–H groups in total. The van der Waals surface area contributed by atoms with E-state index in [1.54, 1.807) is 0 Å². The number of fused-ring (bicyclic) bond motifs is 3. The Hall–Kier alpha value is -3.35. The molecule has 2 aromatic rings. The molecule has 2 aromatic carbocycles. The van der Waals surface area contributed by atoms with Gasteiger partial charge in [0, 0.05) is 19.0 Å². The number of aliphatic carboxylic acids is 1. The molecule has 0 fully saturated rings. The van der Waals surface area contributed by atoms with E-state index < -0.39 is 18.1 Å². The summed E-state index contributed by atoms with van der Waals surface area (Å²) in [5, 5.41) is 11.8. The maximum absolute atomic E-state index is 13.2. The average Bonchev–Trinajstić information content (AvgIpc) is 3.16. The van der Waals surface area contributed by atoms with Crippen LogP contribution in [0.5, 0.6) is 0 Å². The number of nitrogens with zero attached hydrogens (tertiary/aromatic N) is 1. The SMILES string of the molecule is CCCN(CCC(=O)O)C(=O)C(CCC(C)C)NC(=O)OCC1c2ccccc2-c2ccccc21. The second-order valence-corrected chi connectivity index (χ2v) is 9.46. The van der Waals surface area contributed by atoms with Gasteiger partial charge >= 0.3 is 12.1 Å². The van der Waals surface area contributed by atoms with E-state index in [1.165, 1.54) is 4.90 Å². The number of carbonyl (C=O) groups excluding carboxylic acids is 2. The van der Waals surface area contributed by atoms with E-state index in [2.05, 4.69) is 43.4 Å². The highest BCUT2D eigenvalue weighted by Gasteiger charge is 2.30. The number of carboxylic acids is 1. The first-order valence-corrected chi connectivity index (χ1v) is 12.4. The number of benzene rings is 2. The molecule has 1 atom stereocenters. The van der Waals surface area contributed by atoms with Crippen molar-refractivity contribution in [2.24, 2.45) is 5.92 Å². The molecule has 0 aliphatic heterocycles. The Morgan fingerprint density at radius 3 is 2.11 bits per heavy atom. The number of ether oxygens (including phenoxy) is 1. The maximum atomic E-state index is 13.2. The number of nitrogens with one attached hydrogen (secondary N) is 1. The van der Waals surface area contributed by atoms with Gasteiger partial charge in [0.05, 0.1) is 6.42 Å². The summed E-state index contributed by atoms with van der Waals surface area (Å²) in [4.78, 5) is 38.7. The Kier molecular flexibility index (Phi) is 9.29. The molecule has 3 rings (SSSR count). The van der Waals surface area contributed by atoms with Crippen molar-refractivity contribution >= 4 is 18.0 Å². The van der Waals surface area contributed by atoms with E-state index in [1.807, 2.05) is 31.2 Å². The molecule has 2 amide bonds. The van der Waals surface area contributed by atoms with Crippen LogP contribution in [0.3, 0.4) is 0 Å². The van der Waals surface area contributed by atoms with Crippen LogP contribution in [0, 0.1) is 5.92 Å². The fourth-order valence-electron chi connectivity index (χ4n) is 4.59. The molecule has 0 spiro atoms. The summed E-state index contributed by atoms with van der Waals surface area (Å²) in [5.74, 6) is -0.928. The van der Waals surface area contributed by atoms with Gasteiger partial charge in [-0.2, -0.15) is 0 Å². The summed E-state index contributed by atoms with van der Waals surface area (Å²) < 4.78 is 5.65. The predicted molar refractivity (Wildman–Crippen MR) is 135 cm³/mol. The van der Waals surface area contributed by atoms with Gasteiger partial charge in [-0.05, 0) is 47.4 Å². The highest BCUT2D eigenvalue weighted by molar-refractivity contribution is 5.86. The quantitative estimate of drug-likeness (QED) is 0.444. The van der Waals surface area contributed by atoms with Crippen LogP contribution in [0.15, 0.2) is 48.5 Å². The smallest absolute Gasteiger partial charge is 0.407 e. The van der Waals surface area contributed by atoms with E-state index in [0.717, 1.165) is 28.7 Å². The fourth-order valence-corrected chi connectivity index (χ4v) is 4.59. The lowest BCUT2D eigenvalue weighted by molar-refractivity contribution is -0.139. The molecule has 7 heteroatoms. The van der Waals surface area contributed by atoms with Crippen molar-refractivity contribution in [1.29, 1.82) is 0 Å². The summed E-state index contributed by atoms with van der Waals surface area (Å²) in [6.07, 6.45) is 1.15. The normalized spacial score (nSPS) is 13.1. The highest BCUT2D eigenvalue weighted by atomic mass is 16.5. The zero-order valence-corrected chi connectivity index (χ0v) is 20.8. The molecular weight excluding hydrogens is 444 g/mol. The molecule has 1 aliphatic rings. The first-order chi connectivity index (χ1) is 16.8. The van der Waals surface area contributed by atoms with Crippen molar-refractivity contribution in [2.75, 3.05) is 19.7 Å². The van der Waals surface area contributed by atoms with Crippen LogP contribution in [0.25, 0.3) is 11.1 Å². The van der Waals surface area contributed by atoms with Crippen LogP contribution in [0.2, 0.25) is 0 Å². The minimum Gasteiger partial charge on any atom is -0.481 e. The van der Waals surface area contributed by atoms with Crippen LogP contribution in [-0.4, -0.2) is 53.7 Å². The Bertz CT molecular complexity index is 990. The number of amides is 2. The monoisotopic (exact) mass is 480 g/mol. The number of hydrogen-bond donors (Lipinski definition) is 2. The van der Waals surface area contributed by atoms with Gasteiger partial charge < -0.3 is 20.1 Å². The second-order valence-electron chi connectivity index (χ2n) is 9.46. The second kappa shape index (κ2) is 12.4. The Morgan fingerprint density at radius 1 is 0.971 bits per heavy atom. The Balaban J connectivity index is 1.68. The minimum atomic E-state index is -0.956. The highest BCUT2D eigenvalue weighted by Crippen LogP contribution is 2.44. The van der Waals surface area contributed by atoms with Crippen molar-refractivity contribution in [2.45, 2.75) is 58.4 Å². The fraction of sp³-hybridized carbons (Fsp3) is 0.464. The van der Waals surface area contributed by atoms with E-state index in [4.69, 9.17) is 9.84 Å². The molecular formula is C28H36N2O5. The largest absolute Gasteiger partial charge is 0.481 e. The molecule has 7 nitrogen and oxygen atoms in total. The average molecular weight is 481 g/mol. The third-order valence-corrected chi connectivity index (χ3v) is 6.37. The number of hydrogen-bond acceptors (Lipinski definition) is 4. The van der Waals surface area contributed by atoms with Gasteiger partial charge in [0.2, 0.25) is 5.91 Å². The van der Waals surface area contributed by atoms with Gasteiger partial charge in [0.25, 0.3) is 0 Å². The number of carbonyl (C=O) groups is 3. The van der Waals surface area contributed by atoms with Crippen LogP contribution in [0.4, 0.5) is 4.79 Å². The van der Waals surface area contributed by atoms with Crippen molar-refractivity contribution in [3.8, 4) is 11.1 Å². The lowest BCUT2D eigenvalue weighted by Gasteiger charge is -2.27. The van der Waals surface area contributed by atoms with Gasteiger partial charge in [-0.25, -0.2) is 4.79 Å². The molecule has 1 unspecified atom stereocenters. The third kappa shape index (κ3) is 6.84. The summed E-state index contributed by atoms with van der Waals surface area (Å²) in [6, 6.07) is 15.5. The van der Waals surface area contributed by atoms with Gasteiger partial charge in [-0.1, -0.05) is 69.3 Å². The van der Waals surface area contributed by atoms with Crippen LogP contribution < -0.4 is 5.32 Å². The van der Waals surface area contributed by atoms with Crippen LogP contribution in [0.1, 0.15) is 63.5 Å². The van der Waals surface area contributed by atoms with E-state index in [9.17, 15) is 14.4 Å². The lowest BCUT2D eigenvalue weighted by atomic mass is 9.98. The molecule has 0 saturated carbocycles. The summed E-state index contributed by atoms with van der Waals surface area (Å²) in [6.45, 7) is 6.78. The molecule has 0 radical (unpaired) electrons. The first kappa shape index (κ1) is 26.3. The van der Waals surface area contributed by atoms with E-state index in [0.29, 0.717) is 25.3 Å². The lowest BCUT2D eigenvalue weighted by Crippen LogP contribution is -2.49. The van der Waals surface area contributed by atoms with Crippen molar-refractivity contribution in [3.05, 3.63) is 59.7 Å². The summed E-state index contributed by atoms with van der Waals surface area (Å²) >= 11 is 0.